The van der Waals surface area contributed by atoms with Gasteiger partial charge in [-0.05, 0) is 44.4 Å². The highest BCUT2D eigenvalue weighted by atomic mass is 19.4. The molecule has 4 nitrogen and oxygen atoms in total. The summed E-state index contributed by atoms with van der Waals surface area (Å²) in [6.07, 6.45) is 0.325. The lowest BCUT2D eigenvalue weighted by molar-refractivity contribution is -0.187. The highest BCUT2D eigenvalue weighted by Crippen LogP contribution is 2.41. The molecule has 0 aromatic rings. The molecule has 0 aromatic heterocycles. The van der Waals surface area contributed by atoms with Crippen molar-refractivity contribution in [1.29, 1.82) is 0 Å². The zero-order chi connectivity index (χ0) is 15.9. The van der Waals surface area contributed by atoms with Gasteiger partial charge in [0.1, 0.15) is 0 Å². The number of amides is 2. The third kappa shape index (κ3) is 3.08. The van der Waals surface area contributed by atoms with E-state index in [9.17, 15) is 22.8 Å². The Kier molecular flexibility index (Phi) is 4.07. The van der Waals surface area contributed by atoms with E-state index in [-0.39, 0.29) is 24.9 Å². The van der Waals surface area contributed by atoms with E-state index in [1.54, 1.807) is 0 Å². The van der Waals surface area contributed by atoms with E-state index in [0.717, 1.165) is 24.3 Å². The summed E-state index contributed by atoms with van der Waals surface area (Å²) in [7, 11) is 0. The van der Waals surface area contributed by atoms with Crippen LogP contribution in [0, 0.1) is 11.8 Å². The maximum Gasteiger partial charge on any atom is 0.471 e. The molecule has 1 aliphatic carbocycles. The summed E-state index contributed by atoms with van der Waals surface area (Å²) in [6, 6.07) is 0.349. The molecule has 2 saturated heterocycles. The van der Waals surface area contributed by atoms with Crippen LogP contribution >= 0.6 is 0 Å². The third-order valence-electron chi connectivity index (χ3n) is 5.12. The first-order valence-corrected chi connectivity index (χ1v) is 8.04. The van der Waals surface area contributed by atoms with E-state index in [4.69, 9.17) is 0 Å². The van der Waals surface area contributed by atoms with Gasteiger partial charge in [-0.25, -0.2) is 0 Å². The molecule has 1 unspecified atom stereocenters. The molecule has 124 valence electrons. The number of nitrogens with zero attached hydrogens (tertiary/aromatic N) is 2. The van der Waals surface area contributed by atoms with Crippen molar-refractivity contribution in [2.75, 3.05) is 19.6 Å². The fourth-order valence-electron chi connectivity index (χ4n) is 3.78. The number of rotatable bonds is 2. The minimum Gasteiger partial charge on any atom is -0.339 e. The number of halogens is 3. The van der Waals surface area contributed by atoms with Crippen LogP contribution in [0.15, 0.2) is 0 Å². The van der Waals surface area contributed by atoms with Crippen LogP contribution in [0.5, 0.6) is 0 Å². The van der Waals surface area contributed by atoms with E-state index in [1.165, 1.54) is 12.8 Å². The average molecular weight is 318 g/mol. The zero-order valence-corrected chi connectivity index (χ0v) is 12.4. The van der Waals surface area contributed by atoms with Gasteiger partial charge in [-0.1, -0.05) is 0 Å². The summed E-state index contributed by atoms with van der Waals surface area (Å²) in [4.78, 5) is 26.6. The Morgan fingerprint density at radius 2 is 1.55 bits per heavy atom. The smallest absolute Gasteiger partial charge is 0.339 e. The molecule has 7 heteroatoms. The summed E-state index contributed by atoms with van der Waals surface area (Å²) < 4.78 is 37.2. The second kappa shape index (κ2) is 5.74. The standard InChI is InChI=1S/C15H21F3N2O2/c16-15(17,18)14(22)19-8-5-11(6-9-19)13(21)20-7-1-2-12(20)10-3-4-10/h10-12H,1-9H2. The van der Waals surface area contributed by atoms with Crippen molar-refractivity contribution in [3.8, 4) is 0 Å². The van der Waals surface area contributed by atoms with Crippen molar-refractivity contribution >= 4 is 11.8 Å². The molecule has 2 heterocycles. The fourth-order valence-corrected chi connectivity index (χ4v) is 3.78. The van der Waals surface area contributed by atoms with Gasteiger partial charge in [0, 0.05) is 31.6 Å². The number of hydrogen-bond donors (Lipinski definition) is 0. The quantitative estimate of drug-likeness (QED) is 0.783. The molecule has 0 bridgehead atoms. The second-order valence-corrected chi connectivity index (χ2v) is 6.64. The molecule has 0 aromatic carbocycles. The first-order valence-electron chi connectivity index (χ1n) is 8.04. The normalized spacial score (nSPS) is 27.3. The van der Waals surface area contributed by atoms with Crippen molar-refractivity contribution < 1.29 is 22.8 Å². The van der Waals surface area contributed by atoms with E-state index in [1.807, 2.05) is 4.90 Å². The number of carbonyl (C=O) groups is 2. The fraction of sp³-hybridized carbons (Fsp3) is 0.867. The minimum atomic E-state index is -4.82. The summed E-state index contributed by atoms with van der Waals surface area (Å²) in [5, 5.41) is 0. The Morgan fingerprint density at radius 3 is 2.09 bits per heavy atom. The van der Waals surface area contributed by atoms with Gasteiger partial charge in [-0.3, -0.25) is 9.59 Å². The monoisotopic (exact) mass is 318 g/mol. The van der Waals surface area contributed by atoms with Crippen LogP contribution in [-0.2, 0) is 9.59 Å². The molecule has 3 aliphatic rings. The van der Waals surface area contributed by atoms with Crippen molar-refractivity contribution in [2.24, 2.45) is 11.8 Å². The van der Waals surface area contributed by atoms with Crippen LogP contribution in [0.1, 0.15) is 38.5 Å². The van der Waals surface area contributed by atoms with Crippen LogP contribution in [0.4, 0.5) is 13.2 Å². The Bertz CT molecular complexity index is 454. The van der Waals surface area contributed by atoms with Crippen molar-refractivity contribution in [2.45, 2.75) is 50.7 Å². The average Bonchev–Trinajstić information content (AvgIpc) is 3.22. The largest absolute Gasteiger partial charge is 0.471 e. The maximum atomic E-state index is 12.6. The molecule has 0 radical (unpaired) electrons. The van der Waals surface area contributed by atoms with Gasteiger partial charge >= 0.3 is 12.1 Å². The molecule has 22 heavy (non-hydrogen) atoms. The summed E-state index contributed by atoms with van der Waals surface area (Å²) >= 11 is 0. The van der Waals surface area contributed by atoms with Crippen LogP contribution in [0.25, 0.3) is 0 Å². The van der Waals surface area contributed by atoms with Crippen LogP contribution in [-0.4, -0.2) is 53.5 Å². The van der Waals surface area contributed by atoms with Gasteiger partial charge < -0.3 is 9.80 Å². The van der Waals surface area contributed by atoms with Crippen LogP contribution < -0.4 is 0 Å². The molecule has 1 saturated carbocycles. The molecular formula is C15H21F3N2O2. The first kappa shape index (κ1) is 15.6. The zero-order valence-electron chi connectivity index (χ0n) is 12.4. The highest BCUT2D eigenvalue weighted by molar-refractivity contribution is 5.83. The Balaban J connectivity index is 1.55. The van der Waals surface area contributed by atoms with Crippen LogP contribution in [0.3, 0.4) is 0 Å². The Morgan fingerprint density at radius 1 is 0.909 bits per heavy atom. The van der Waals surface area contributed by atoms with Gasteiger partial charge in [-0.2, -0.15) is 13.2 Å². The van der Waals surface area contributed by atoms with Gasteiger partial charge in [0.05, 0.1) is 0 Å². The Labute approximate surface area is 127 Å². The minimum absolute atomic E-state index is 0.0245. The van der Waals surface area contributed by atoms with Gasteiger partial charge in [0.25, 0.3) is 0 Å². The molecule has 3 fully saturated rings. The number of piperidine rings is 1. The van der Waals surface area contributed by atoms with E-state index in [0.29, 0.717) is 24.8 Å². The lowest BCUT2D eigenvalue weighted by Gasteiger charge is -2.35. The second-order valence-electron chi connectivity index (χ2n) is 6.64. The summed E-state index contributed by atoms with van der Waals surface area (Å²) in [5.41, 5.74) is 0. The number of hydrogen-bond acceptors (Lipinski definition) is 2. The van der Waals surface area contributed by atoms with E-state index in [2.05, 4.69) is 0 Å². The predicted molar refractivity (Wildman–Crippen MR) is 72.8 cm³/mol. The van der Waals surface area contributed by atoms with E-state index >= 15 is 0 Å². The van der Waals surface area contributed by atoms with Crippen molar-refractivity contribution in [1.82, 2.24) is 9.80 Å². The molecule has 1 atom stereocenters. The van der Waals surface area contributed by atoms with Gasteiger partial charge in [0.15, 0.2) is 0 Å². The number of likely N-dealkylation sites (tertiary alicyclic amines) is 2. The SMILES string of the molecule is O=C(C1CCN(C(=O)C(F)(F)F)CC1)N1CCCC1C1CC1. The predicted octanol–water partition coefficient (Wildman–Crippen LogP) is 2.19. The van der Waals surface area contributed by atoms with Crippen LogP contribution in [0.2, 0.25) is 0 Å². The lowest BCUT2D eigenvalue weighted by atomic mass is 9.94. The van der Waals surface area contributed by atoms with Gasteiger partial charge in [-0.15, -0.1) is 0 Å². The topological polar surface area (TPSA) is 40.6 Å². The third-order valence-corrected chi connectivity index (χ3v) is 5.12. The molecule has 0 spiro atoms. The lowest BCUT2D eigenvalue weighted by Crippen LogP contribution is -2.49. The van der Waals surface area contributed by atoms with Crippen molar-refractivity contribution in [3.05, 3.63) is 0 Å². The number of carbonyl (C=O) groups excluding carboxylic acids is 2. The molecule has 0 N–H and O–H groups in total. The number of alkyl halides is 3. The molecular weight excluding hydrogens is 297 g/mol. The summed E-state index contributed by atoms with van der Waals surface area (Å²) in [6.45, 7) is 0.828. The summed E-state index contributed by atoms with van der Waals surface area (Å²) in [5.74, 6) is -1.28. The molecule has 2 aliphatic heterocycles. The van der Waals surface area contributed by atoms with Crippen molar-refractivity contribution in [3.63, 3.8) is 0 Å². The molecule has 3 rings (SSSR count). The first-order chi connectivity index (χ1) is 10.4. The van der Waals surface area contributed by atoms with E-state index < -0.39 is 12.1 Å². The Hall–Kier alpha value is -1.27. The molecule has 2 amide bonds. The maximum absolute atomic E-state index is 12.6. The van der Waals surface area contributed by atoms with Gasteiger partial charge in [0.2, 0.25) is 5.91 Å². The highest BCUT2D eigenvalue weighted by Gasteiger charge is 2.45.